The molecule has 1 unspecified atom stereocenters. The minimum absolute atomic E-state index is 0.289. The van der Waals surface area contributed by atoms with Crippen LogP contribution in [0.15, 0.2) is 65.8 Å². The molecule has 0 aliphatic heterocycles. The lowest BCUT2D eigenvalue weighted by atomic mass is 10.1. The molecule has 0 saturated carbocycles. The van der Waals surface area contributed by atoms with Gasteiger partial charge in [-0.15, -0.1) is 13.2 Å². The van der Waals surface area contributed by atoms with Crippen LogP contribution in [0.2, 0.25) is 0 Å². The summed E-state index contributed by atoms with van der Waals surface area (Å²) in [7, 11) is -2.54. The Morgan fingerprint density at radius 1 is 1.14 bits per heavy atom. The first-order valence-electron chi connectivity index (χ1n) is 8.16. The van der Waals surface area contributed by atoms with Crippen LogP contribution in [-0.4, -0.2) is 24.3 Å². The quantitative estimate of drug-likeness (QED) is 0.609. The second-order valence-electron chi connectivity index (χ2n) is 6.02. The predicted octanol–water partition coefficient (Wildman–Crippen LogP) is 3.53. The third-order valence-corrected chi connectivity index (χ3v) is 5.38. The number of rotatable bonds is 6. The van der Waals surface area contributed by atoms with Crippen LogP contribution in [0.1, 0.15) is 17.4 Å². The van der Waals surface area contributed by atoms with Gasteiger partial charge < -0.3 is 9.30 Å². The number of aryl methyl sites for hydroxylation is 1. The summed E-state index contributed by atoms with van der Waals surface area (Å²) in [4.78, 5) is 3.83. The lowest BCUT2D eigenvalue weighted by Gasteiger charge is -2.19. The highest BCUT2D eigenvalue weighted by atomic mass is 32.2. The van der Waals surface area contributed by atoms with Crippen LogP contribution in [0.4, 0.5) is 17.6 Å². The number of aromatic nitrogens is 2. The number of imidazole rings is 1. The Hall–Kier alpha value is -2.92. The van der Waals surface area contributed by atoms with E-state index in [0.29, 0.717) is 11.4 Å². The minimum atomic E-state index is -4.89. The van der Waals surface area contributed by atoms with E-state index in [9.17, 15) is 26.0 Å². The molecule has 29 heavy (non-hydrogen) atoms. The molecule has 154 valence electrons. The molecule has 0 fully saturated rings. The summed E-state index contributed by atoms with van der Waals surface area (Å²) in [6, 6.07) is 8.05. The van der Waals surface area contributed by atoms with Crippen molar-refractivity contribution < 1.29 is 30.7 Å². The molecular formula is C18H15F4N3O3S. The van der Waals surface area contributed by atoms with Crippen LogP contribution in [0.25, 0.3) is 0 Å². The maximum absolute atomic E-state index is 13.7. The summed E-state index contributed by atoms with van der Waals surface area (Å²) in [6.45, 7) is 0. The molecular weight excluding hydrogens is 414 g/mol. The predicted molar refractivity (Wildman–Crippen MR) is 94.9 cm³/mol. The van der Waals surface area contributed by atoms with Crippen molar-refractivity contribution in [3.8, 4) is 5.75 Å². The largest absolute Gasteiger partial charge is 0.573 e. The topological polar surface area (TPSA) is 73.2 Å². The molecule has 2 aromatic carbocycles. The van der Waals surface area contributed by atoms with Gasteiger partial charge in [0.25, 0.3) is 0 Å². The molecule has 0 spiro atoms. The highest BCUT2D eigenvalue weighted by Gasteiger charge is 2.31. The van der Waals surface area contributed by atoms with Gasteiger partial charge in [0.2, 0.25) is 10.0 Å². The van der Waals surface area contributed by atoms with Gasteiger partial charge in [0.15, 0.2) is 0 Å². The summed E-state index contributed by atoms with van der Waals surface area (Å²) >= 11 is 0. The lowest BCUT2D eigenvalue weighted by molar-refractivity contribution is -0.274. The molecule has 0 saturated heterocycles. The van der Waals surface area contributed by atoms with Gasteiger partial charge in [-0.2, -0.15) is 4.72 Å². The van der Waals surface area contributed by atoms with Crippen molar-refractivity contribution in [1.29, 1.82) is 0 Å². The van der Waals surface area contributed by atoms with Crippen molar-refractivity contribution >= 4 is 10.0 Å². The summed E-state index contributed by atoms with van der Waals surface area (Å²) in [5.41, 5.74) is 0.305. The third kappa shape index (κ3) is 5.12. The Kier molecular flexibility index (Phi) is 5.62. The molecule has 3 rings (SSSR count). The molecule has 1 aromatic heterocycles. The Labute approximate surface area is 163 Å². The fourth-order valence-electron chi connectivity index (χ4n) is 2.65. The molecule has 6 nitrogen and oxygen atoms in total. The highest BCUT2D eigenvalue weighted by Crippen LogP contribution is 2.26. The maximum atomic E-state index is 13.7. The summed E-state index contributed by atoms with van der Waals surface area (Å²) in [5.74, 6) is -0.812. The van der Waals surface area contributed by atoms with E-state index < -0.39 is 34.0 Å². The molecule has 11 heteroatoms. The normalized spacial score (nSPS) is 13.3. The van der Waals surface area contributed by atoms with E-state index in [1.807, 2.05) is 0 Å². The van der Waals surface area contributed by atoms with Gasteiger partial charge >= 0.3 is 6.36 Å². The fraction of sp³-hybridized carbons (Fsp3) is 0.167. The first kappa shape index (κ1) is 20.8. The number of benzene rings is 2. The van der Waals surface area contributed by atoms with Crippen LogP contribution in [0.5, 0.6) is 5.75 Å². The standard InChI is InChI=1S/C18H15F4N3O3S/c1-25-10-9-23-17(25)16(12-3-2-4-13(19)11-12)24-29(26,27)15-7-5-14(6-8-15)28-18(20,21)22/h2-11,16,24H,1H3. The van der Waals surface area contributed by atoms with Crippen molar-refractivity contribution in [3.63, 3.8) is 0 Å². The Balaban J connectivity index is 1.93. The fourth-order valence-corrected chi connectivity index (χ4v) is 3.84. The molecule has 0 aliphatic carbocycles. The molecule has 1 heterocycles. The third-order valence-electron chi connectivity index (χ3n) is 3.94. The van der Waals surface area contributed by atoms with Crippen LogP contribution < -0.4 is 9.46 Å². The first-order chi connectivity index (χ1) is 13.5. The number of nitrogens with one attached hydrogen (secondary N) is 1. The zero-order chi connectivity index (χ0) is 21.2. The monoisotopic (exact) mass is 429 g/mol. The number of hydrogen-bond acceptors (Lipinski definition) is 4. The van der Waals surface area contributed by atoms with Gasteiger partial charge in [-0.3, -0.25) is 0 Å². The number of alkyl halides is 3. The van der Waals surface area contributed by atoms with E-state index in [1.165, 1.54) is 30.5 Å². The zero-order valence-electron chi connectivity index (χ0n) is 14.9. The molecule has 0 bridgehead atoms. The first-order valence-corrected chi connectivity index (χ1v) is 9.64. The van der Waals surface area contributed by atoms with Gasteiger partial charge in [-0.05, 0) is 42.0 Å². The number of nitrogens with zero attached hydrogens (tertiary/aromatic N) is 2. The minimum Gasteiger partial charge on any atom is -0.406 e. The van der Waals surface area contributed by atoms with E-state index in [0.717, 1.165) is 24.3 Å². The molecule has 0 amide bonds. The van der Waals surface area contributed by atoms with E-state index in [1.54, 1.807) is 17.8 Å². The smallest absolute Gasteiger partial charge is 0.406 e. The maximum Gasteiger partial charge on any atom is 0.573 e. The second-order valence-corrected chi connectivity index (χ2v) is 7.74. The summed E-state index contributed by atoms with van der Waals surface area (Å²) < 4.78 is 83.8. The van der Waals surface area contributed by atoms with Gasteiger partial charge in [0, 0.05) is 19.4 Å². The summed E-state index contributed by atoms with van der Waals surface area (Å²) in [5, 5.41) is 0. The molecule has 0 radical (unpaired) electrons. The van der Waals surface area contributed by atoms with E-state index in [-0.39, 0.29) is 4.90 Å². The molecule has 0 aliphatic rings. The van der Waals surface area contributed by atoms with Crippen molar-refractivity contribution in [3.05, 3.63) is 78.1 Å². The lowest BCUT2D eigenvalue weighted by Crippen LogP contribution is -2.31. The Morgan fingerprint density at radius 3 is 2.38 bits per heavy atom. The van der Waals surface area contributed by atoms with E-state index >= 15 is 0 Å². The number of halogens is 4. The van der Waals surface area contributed by atoms with Gasteiger partial charge in [-0.1, -0.05) is 12.1 Å². The number of ether oxygens (including phenoxy) is 1. The Morgan fingerprint density at radius 2 is 1.83 bits per heavy atom. The van der Waals surface area contributed by atoms with Gasteiger partial charge in [0.1, 0.15) is 23.4 Å². The van der Waals surface area contributed by atoms with Crippen LogP contribution >= 0.6 is 0 Å². The van der Waals surface area contributed by atoms with Gasteiger partial charge in [0.05, 0.1) is 4.90 Å². The number of sulfonamides is 1. The van der Waals surface area contributed by atoms with E-state index in [2.05, 4.69) is 14.4 Å². The van der Waals surface area contributed by atoms with Gasteiger partial charge in [-0.25, -0.2) is 17.8 Å². The van der Waals surface area contributed by atoms with Crippen molar-refractivity contribution in [2.24, 2.45) is 7.05 Å². The Bertz CT molecular complexity index is 1100. The zero-order valence-corrected chi connectivity index (χ0v) is 15.7. The average molecular weight is 429 g/mol. The van der Waals surface area contributed by atoms with Crippen molar-refractivity contribution in [2.45, 2.75) is 17.3 Å². The highest BCUT2D eigenvalue weighted by molar-refractivity contribution is 7.89. The van der Waals surface area contributed by atoms with Crippen molar-refractivity contribution in [2.75, 3.05) is 0 Å². The molecule has 3 aromatic rings. The summed E-state index contributed by atoms with van der Waals surface area (Å²) in [6.07, 6.45) is -1.84. The van der Waals surface area contributed by atoms with Crippen molar-refractivity contribution in [1.82, 2.24) is 14.3 Å². The molecule has 1 atom stereocenters. The van der Waals surface area contributed by atoms with Crippen LogP contribution in [0, 0.1) is 5.82 Å². The van der Waals surface area contributed by atoms with E-state index in [4.69, 9.17) is 0 Å². The van der Waals surface area contributed by atoms with Crippen LogP contribution in [0.3, 0.4) is 0 Å². The number of hydrogen-bond donors (Lipinski definition) is 1. The molecule has 1 N–H and O–H groups in total. The average Bonchev–Trinajstić information content (AvgIpc) is 3.04. The van der Waals surface area contributed by atoms with Crippen LogP contribution in [-0.2, 0) is 17.1 Å². The second kappa shape index (κ2) is 7.84. The SMILES string of the molecule is Cn1ccnc1C(NS(=O)(=O)c1ccc(OC(F)(F)F)cc1)c1cccc(F)c1.